The molecule has 4 heteroatoms. The van der Waals surface area contributed by atoms with Crippen molar-refractivity contribution in [2.45, 2.75) is 45.1 Å². The Balaban J connectivity index is 1.65. The van der Waals surface area contributed by atoms with Crippen molar-refractivity contribution in [1.82, 2.24) is 9.97 Å². The third-order valence-corrected chi connectivity index (χ3v) is 5.15. The quantitative estimate of drug-likeness (QED) is 0.859. The second-order valence-corrected chi connectivity index (χ2v) is 6.50. The van der Waals surface area contributed by atoms with Crippen molar-refractivity contribution in [2.75, 3.05) is 22.9 Å². The summed E-state index contributed by atoms with van der Waals surface area (Å²) in [6.45, 7) is 4.37. The van der Waals surface area contributed by atoms with Crippen molar-refractivity contribution in [2.24, 2.45) is 0 Å². The maximum atomic E-state index is 4.92. The van der Waals surface area contributed by atoms with Crippen LogP contribution in [0.25, 0.3) is 0 Å². The summed E-state index contributed by atoms with van der Waals surface area (Å²) in [5.41, 5.74) is 2.65. The molecule has 4 nitrogen and oxygen atoms in total. The smallest absolute Gasteiger partial charge is 0.231 e. The summed E-state index contributed by atoms with van der Waals surface area (Å²) >= 11 is 0. The molecule has 1 atom stereocenters. The molecule has 0 bridgehead atoms. The standard InChI is InChI=1S/C19H24N4/c1-2-16-8-5-6-13-22(16)18-10-12-20-19(21-18)23-14-11-15-7-3-4-9-17(15)23/h3-4,7,9-10,12,16H,2,5-6,8,11,13-14H2,1H3. The summed E-state index contributed by atoms with van der Waals surface area (Å²) in [6.07, 6.45) is 8.06. The second kappa shape index (κ2) is 6.19. The van der Waals surface area contributed by atoms with Crippen molar-refractivity contribution in [1.29, 1.82) is 0 Å². The zero-order valence-corrected chi connectivity index (χ0v) is 13.8. The summed E-state index contributed by atoms with van der Waals surface area (Å²) in [4.78, 5) is 14.2. The fraction of sp³-hybridized carbons (Fsp3) is 0.474. The minimum Gasteiger partial charge on any atom is -0.353 e. The summed E-state index contributed by atoms with van der Waals surface area (Å²) < 4.78 is 0. The van der Waals surface area contributed by atoms with Gasteiger partial charge >= 0.3 is 0 Å². The van der Waals surface area contributed by atoms with Gasteiger partial charge in [-0.3, -0.25) is 0 Å². The zero-order valence-electron chi connectivity index (χ0n) is 13.8. The van der Waals surface area contributed by atoms with Gasteiger partial charge in [-0.25, -0.2) is 4.98 Å². The van der Waals surface area contributed by atoms with E-state index < -0.39 is 0 Å². The highest BCUT2D eigenvalue weighted by Gasteiger charge is 2.25. The van der Waals surface area contributed by atoms with Crippen molar-refractivity contribution in [3.05, 3.63) is 42.1 Å². The van der Waals surface area contributed by atoms with Gasteiger partial charge in [0.1, 0.15) is 5.82 Å². The van der Waals surface area contributed by atoms with E-state index in [4.69, 9.17) is 4.98 Å². The van der Waals surface area contributed by atoms with Crippen molar-refractivity contribution in [3.8, 4) is 0 Å². The number of nitrogens with zero attached hydrogens (tertiary/aromatic N) is 4. The Hall–Kier alpha value is -2.10. The third-order valence-electron chi connectivity index (χ3n) is 5.15. The molecule has 3 heterocycles. The number of para-hydroxylation sites is 1. The Bertz CT molecular complexity index is 685. The molecule has 2 aromatic rings. The number of rotatable bonds is 3. The molecule has 23 heavy (non-hydrogen) atoms. The average Bonchev–Trinajstić information content (AvgIpc) is 3.06. The fourth-order valence-corrected chi connectivity index (χ4v) is 3.90. The number of hydrogen-bond acceptors (Lipinski definition) is 4. The van der Waals surface area contributed by atoms with Crippen LogP contribution in [0.3, 0.4) is 0 Å². The van der Waals surface area contributed by atoms with Gasteiger partial charge in [-0.2, -0.15) is 4.98 Å². The molecule has 0 N–H and O–H groups in total. The van der Waals surface area contributed by atoms with Crippen molar-refractivity contribution in [3.63, 3.8) is 0 Å². The van der Waals surface area contributed by atoms with Gasteiger partial charge < -0.3 is 9.80 Å². The number of hydrogen-bond donors (Lipinski definition) is 0. The molecule has 1 saturated heterocycles. The zero-order chi connectivity index (χ0) is 15.6. The highest BCUT2D eigenvalue weighted by atomic mass is 15.3. The Morgan fingerprint density at radius 3 is 2.96 bits per heavy atom. The Labute approximate surface area is 138 Å². The van der Waals surface area contributed by atoms with E-state index in [0.717, 1.165) is 31.3 Å². The molecular weight excluding hydrogens is 284 g/mol. The predicted octanol–water partition coefficient (Wildman–Crippen LogP) is 3.94. The van der Waals surface area contributed by atoms with Crippen LogP contribution in [0.15, 0.2) is 36.5 Å². The number of benzene rings is 1. The Morgan fingerprint density at radius 1 is 1.13 bits per heavy atom. The van der Waals surface area contributed by atoms with Gasteiger partial charge in [-0.1, -0.05) is 25.1 Å². The van der Waals surface area contributed by atoms with Gasteiger partial charge in [-0.05, 0) is 49.8 Å². The van der Waals surface area contributed by atoms with E-state index in [1.165, 1.54) is 36.9 Å². The van der Waals surface area contributed by atoms with E-state index in [9.17, 15) is 0 Å². The first kappa shape index (κ1) is 14.5. The Morgan fingerprint density at radius 2 is 2.04 bits per heavy atom. The molecule has 4 rings (SSSR count). The van der Waals surface area contributed by atoms with Crippen molar-refractivity contribution >= 4 is 17.5 Å². The third kappa shape index (κ3) is 2.67. The van der Waals surface area contributed by atoms with Crippen LogP contribution in [0.2, 0.25) is 0 Å². The van der Waals surface area contributed by atoms with Gasteiger partial charge in [0.2, 0.25) is 5.95 Å². The molecule has 0 saturated carbocycles. The topological polar surface area (TPSA) is 32.3 Å². The summed E-state index contributed by atoms with van der Waals surface area (Å²) in [5, 5.41) is 0. The van der Waals surface area contributed by atoms with Gasteiger partial charge in [0.25, 0.3) is 0 Å². The van der Waals surface area contributed by atoms with E-state index in [1.54, 1.807) is 0 Å². The van der Waals surface area contributed by atoms with Crippen LogP contribution in [0, 0.1) is 0 Å². The maximum Gasteiger partial charge on any atom is 0.231 e. The molecule has 0 spiro atoms. The molecule has 1 fully saturated rings. The number of fused-ring (bicyclic) bond motifs is 1. The maximum absolute atomic E-state index is 4.92. The SMILES string of the molecule is CCC1CCCCN1c1ccnc(N2CCc3ccccc32)n1. The molecule has 2 aliphatic heterocycles. The lowest BCUT2D eigenvalue weighted by Crippen LogP contribution is -2.39. The predicted molar refractivity (Wildman–Crippen MR) is 94.5 cm³/mol. The number of aromatic nitrogens is 2. The lowest BCUT2D eigenvalue weighted by molar-refractivity contribution is 0.446. The minimum absolute atomic E-state index is 0.623. The minimum atomic E-state index is 0.623. The second-order valence-electron chi connectivity index (χ2n) is 6.50. The highest BCUT2D eigenvalue weighted by Crippen LogP contribution is 2.33. The van der Waals surface area contributed by atoms with Gasteiger partial charge in [-0.15, -0.1) is 0 Å². The first-order chi connectivity index (χ1) is 11.4. The van der Waals surface area contributed by atoms with E-state index in [1.807, 2.05) is 6.20 Å². The lowest BCUT2D eigenvalue weighted by Gasteiger charge is -2.36. The number of anilines is 3. The van der Waals surface area contributed by atoms with Crippen LogP contribution < -0.4 is 9.80 Å². The van der Waals surface area contributed by atoms with E-state index in [2.05, 4.69) is 52.0 Å². The first-order valence-corrected chi connectivity index (χ1v) is 8.82. The largest absolute Gasteiger partial charge is 0.353 e. The van der Waals surface area contributed by atoms with E-state index >= 15 is 0 Å². The molecule has 120 valence electrons. The molecular formula is C19H24N4. The lowest BCUT2D eigenvalue weighted by atomic mass is 10.0. The van der Waals surface area contributed by atoms with Gasteiger partial charge in [0.15, 0.2) is 0 Å². The average molecular weight is 308 g/mol. The highest BCUT2D eigenvalue weighted by molar-refractivity contribution is 5.66. The van der Waals surface area contributed by atoms with Crippen molar-refractivity contribution < 1.29 is 0 Å². The summed E-state index contributed by atoms with van der Waals surface area (Å²) in [5.74, 6) is 1.93. The van der Waals surface area contributed by atoms with Crippen LogP contribution in [-0.2, 0) is 6.42 Å². The molecule has 1 aromatic heterocycles. The molecule has 1 unspecified atom stereocenters. The van der Waals surface area contributed by atoms with Crippen LogP contribution in [0.5, 0.6) is 0 Å². The van der Waals surface area contributed by atoms with Crippen LogP contribution >= 0.6 is 0 Å². The van der Waals surface area contributed by atoms with Crippen LogP contribution in [-0.4, -0.2) is 29.1 Å². The Kier molecular flexibility index (Phi) is 3.90. The van der Waals surface area contributed by atoms with Crippen LogP contribution in [0.1, 0.15) is 38.2 Å². The molecule has 0 radical (unpaired) electrons. The normalized spacial score (nSPS) is 20.7. The fourth-order valence-electron chi connectivity index (χ4n) is 3.90. The van der Waals surface area contributed by atoms with Gasteiger partial charge in [0, 0.05) is 31.0 Å². The van der Waals surface area contributed by atoms with E-state index in [0.29, 0.717) is 6.04 Å². The van der Waals surface area contributed by atoms with E-state index in [-0.39, 0.29) is 0 Å². The number of piperidine rings is 1. The molecule has 0 amide bonds. The first-order valence-electron chi connectivity index (χ1n) is 8.82. The summed E-state index contributed by atoms with van der Waals surface area (Å²) in [7, 11) is 0. The van der Waals surface area contributed by atoms with Gasteiger partial charge in [0.05, 0.1) is 0 Å². The molecule has 1 aromatic carbocycles. The molecule has 0 aliphatic carbocycles. The monoisotopic (exact) mass is 308 g/mol. The molecule has 2 aliphatic rings. The summed E-state index contributed by atoms with van der Waals surface area (Å²) in [6, 6.07) is 11.3. The van der Waals surface area contributed by atoms with Crippen LogP contribution in [0.4, 0.5) is 17.5 Å².